The zero-order chi connectivity index (χ0) is 14.3. The van der Waals surface area contributed by atoms with Crippen LogP contribution in [0.3, 0.4) is 0 Å². The van der Waals surface area contributed by atoms with E-state index >= 15 is 0 Å². The molecule has 2 atom stereocenters. The minimum absolute atomic E-state index is 0.000417. The second kappa shape index (κ2) is 4.98. The van der Waals surface area contributed by atoms with Crippen molar-refractivity contribution < 1.29 is 14.0 Å². The third kappa shape index (κ3) is 2.41. The molecule has 1 aliphatic carbocycles. The van der Waals surface area contributed by atoms with Crippen LogP contribution in [-0.2, 0) is 9.59 Å². The van der Waals surface area contributed by atoms with Gasteiger partial charge >= 0.3 is 0 Å². The zero-order valence-electron chi connectivity index (χ0n) is 11.7. The van der Waals surface area contributed by atoms with E-state index in [2.05, 4.69) is 4.90 Å². The van der Waals surface area contributed by atoms with Crippen molar-refractivity contribution in [3.63, 3.8) is 0 Å². The van der Waals surface area contributed by atoms with Crippen molar-refractivity contribution >= 4 is 11.8 Å². The molecule has 0 radical (unpaired) electrons. The second-order valence-corrected chi connectivity index (χ2v) is 6.44. The van der Waals surface area contributed by atoms with Crippen LogP contribution >= 0.6 is 0 Å². The molecule has 1 saturated carbocycles. The number of rotatable bonds is 5. The van der Waals surface area contributed by atoms with Gasteiger partial charge in [-0.3, -0.25) is 14.5 Å². The van der Waals surface area contributed by atoms with Crippen molar-refractivity contribution in [3.05, 3.63) is 0 Å². The van der Waals surface area contributed by atoms with Crippen LogP contribution in [0.2, 0.25) is 0 Å². The summed E-state index contributed by atoms with van der Waals surface area (Å²) < 4.78 is 13.9. The highest BCUT2D eigenvalue weighted by molar-refractivity contribution is 5.89. The Hall–Kier alpha value is -1.17. The first-order chi connectivity index (χ1) is 9.51. The molecule has 5 nitrogen and oxygen atoms in total. The van der Waals surface area contributed by atoms with Gasteiger partial charge in [0.15, 0.2) is 0 Å². The van der Waals surface area contributed by atoms with E-state index in [1.165, 1.54) is 12.8 Å². The number of amides is 2. The summed E-state index contributed by atoms with van der Waals surface area (Å²) in [4.78, 5) is 27.3. The summed E-state index contributed by atoms with van der Waals surface area (Å²) in [5.74, 6) is 0.243. The molecule has 20 heavy (non-hydrogen) atoms. The molecular formula is C14H22FN3O2. The van der Waals surface area contributed by atoms with Crippen LogP contribution in [0.5, 0.6) is 0 Å². The minimum atomic E-state index is -0.909. The molecule has 3 fully saturated rings. The Kier molecular flexibility index (Phi) is 3.44. The molecule has 2 heterocycles. The van der Waals surface area contributed by atoms with Gasteiger partial charge in [-0.05, 0) is 25.2 Å². The number of carbonyl (C=O) groups is 2. The molecule has 0 aromatic carbocycles. The van der Waals surface area contributed by atoms with E-state index in [-0.39, 0.29) is 12.3 Å². The largest absolute Gasteiger partial charge is 0.370 e. The molecule has 2 aliphatic heterocycles. The number of hydrogen-bond donors (Lipinski definition) is 1. The van der Waals surface area contributed by atoms with Gasteiger partial charge in [0.2, 0.25) is 11.8 Å². The molecule has 1 unspecified atom stereocenters. The van der Waals surface area contributed by atoms with Gasteiger partial charge < -0.3 is 10.6 Å². The van der Waals surface area contributed by atoms with Gasteiger partial charge in [0.05, 0.1) is 0 Å². The fourth-order valence-electron chi connectivity index (χ4n) is 3.60. The number of carbonyl (C=O) groups excluding carboxylic acids is 2. The molecule has 3 aliphatic rings. The summed E-state index contributed by atoms with van der Waals surface area (Å²) in [6.45, 7) is 2.20. The Morgan fingerprint density at radius 3 is 2.85 bits per heavy atom. The van der Waals surface area contributed by atoms with E-state index in [1.54, 1.807) is 4.90 Å². The maximum Gasteiger partial charge on any atom is 0.243 e. The van der Waals surface area contributed by atoms with Gasteiger partial charge in [0.1, 0.15) is 11.7 Å². The lowest BCUT2D eigenvalue weighted by Crippen LogP contribution is -2.51. The molecule has 2 saturated heterocycles. The molecule has 0 aromatic rings. The second-order valence-electron chi connectivity index (χ2n) is 6.44. The van der Waals surface area contributed by atoms with E-state index in [0.717, 1.165) is 6.54 Å². The summed E-state index contributed by atoms with van der Waals surface area (Å²) in [6.07, 6.45) is 2.66. The van der Waals surface area contributed by atoms with E-state index < -0.39 is 17.6 Å². The third-order valence-electron chi connectivity index (χ3n) is 4.87. The Morgan fingerprint density at radius 2 is 2.20 bits per heavy atom. The highest BCUT2D eigenvalue weighted by Crippen LogP contribution is 2.42. The summed E-state index contributed by atoms with van der Waals surface area (Å²) >= 11 is 0. The highest BCUT2D eigenvalue weighted by Gasteiger charge is 2.56. The normalized spacial score (nSPS) is 34.4. The van der Waals surface area contributed by atoms with Crippen LogP contribution in [0.15, 0.2) is 0 Å². The Morgan fingerprint density at radius 1 is 1.45 bits per heavy atom. The topological polar surface area (TPSA) is 66.6 Å². The summed E-state index contributed by atoms with van der Waals surface area (Å²) in [7, 11) is 0. The number of nitrogens with zero attached hydrogens (tertiary/aromatic N) is 2. The fourth-order valence-corrected chi connectivity index (χ4v) is 3.60. The van der Waals surface area contributed by atoms with Crippen LogP contribution in [0.25, 0.3) is 0 Å². The average Bonchev–Trinajstić information content (AvgIpc) is 3.06. The van der Waals surface area contributed by atoms with Gasteiger partial charge in [-0.15, -0.1) is 0 Å². The molecule has 0 aromatic heterocycles. The van der Waals surface area contributed by atoms with Crippen LogP contribution in [0, 0.1) is 5.92 Å². The summed E-state index contributed by atoms with van der Waals surface area (Å²) in [5, 5.41) is 0. The maximum atomic E-state index is 13.9. The van der Waals surface area contributed by atoms with E-state index in [9.17, 15) is 14.0 Å². The van der Waals surface area contributed by atoms with Crippen molar-refractivity contribution in [1.29, 1.82) is 0 Å². The Bertz CT molecular complexity index is 427. The minimum Gasteiger partial charge on any atom is -0.370 e. The lowest BCUT2D eigenvalue weighted by molar-refractivity contribution is -0.137. The predicted molar refractivity (Wildman–Crippen MR) is 71.5 cm³/mol. The number of primary amides is 1. The first-order valence-electron chi connectivity index (χ1n) is 7.48. The van der Waals surface area contributed by atoms with E-state index in [0.29, 0.717) is 38.4 Å². The van der Waals surface area contributed by atoms with Crippen molar-refractivity contribution in [2.45, 2.75) is 43.8 Å². The number of nitrogens with two attached hydrogens (primary N) is 1. The van der Waals surface area contributed by atoms with Crippen molar-refractivity contribution in [1.82, 2.24) is 9.80 Å². The van der Waals surface area contributed by atoms with Gasteiger partial charge in [0, 0.05) is 39.0 Å². The molecule has 112 valence electrons. The zero-order valence-corrected chi connectivity index (χ0v) is 11.7. The number of hydrogen-bond acceptors (Lipinski definition) is 3. The quantitative estimate of drug-likeness (QED) is 0.788. The van der Waals surface area contributed by atoms with Crippen LogP contribution < -0.4 is 5.73 Å². The van der Waals surface area contributed by atoms with Gasteiger partial charge in [-0.1, -0.05) is 0 Å². The molecule has 1 spiro atoms. The highest BCUT2D eigenvalue weighted by atomic mass is 19.1. The molecular weight excluding hydrogens is 261 g/mol. The number of likely N-dealkylation sites (tertiary alicyclic amines) is 2. The van der Waals surface area contributed by atoms with Crippen LogP contribution in [0.1, 0.15) is 32.1 Å². The lowest BCUT2D eigenvalue weighted by atomic mass is 9.93. The predicted octanol–water partition coefficient (Wildman–Crippen LogP) is 0.287. The van der Waals surface area contributed by atoms with Crippen molar-refractivity contribution in [2.75, 3.05) is 26.2 Å². The van der Waals surface area contributed by atoms with Crippen LogP contribution in [0.4, 0.5) is 4.39 Å². The molecule has 0 bridgehead atoms. The number of halogens is 1. The van der Waals surface area contributed by atoms with E-state index in [4.69, 9.17) is 5.73 Å². The Balaban J connectivity index is 1.70. The first kappa shape index (κ1) is 13.8. The van der Waals surface area contributed by atoms with E-state index in [1.807, 2.05) is 0 Å². The molecule has 6 heteroatoms. The van der Waals surface area contributed by atoms with Crippen molar-refractivity contribution in [2.24, 2.45) is 11.7 Å². The molecule has 3 rings (SSSR count). The van der Waals surface area contributed by atoms with Gasteiger partial charge in [-0.25, -0.2) is 4.39 Å². The van der Waals surface area contributed by atoms with Crippen LogP contribution in [-0.4, -0.2) is 59.5 Å². The standard InChI is InChI=1S/C14H22FN3O2/c15-11-7-14(18(9-11)8-10-1-2-10)4-6-17(13(14)20)5-3-12(16)19/h10-11H,1-9H2,(H2,16,19)/t11-,14?/m0/s1. The third-order valence-corrected chi connectivity index (χ3v) is 4.87. The average molecular weight is 283 g/mol. The summed E-state index contributed by atoms with van der Waals surface area (Å²) in [5.41, 5.74) is 4.50. The van der Waals surface area contributed by atoms with Gasteiger partial charge in [-0.2, -0.15) is 0 Å². The fraction of sp³-hybridized carbons (Fsp3) is 0.857. The molecule has 2 N–H and O–H groups in total. The summed E-state index contributed by atoms with van der Waals surface area (Å²) in [6, 6.07) is 0. The Labute approximate surface area is 118 Å². The molecule has 2 amide bonds. The first-order valence-corrected chi connectivity index (χ1v) is 7.48. The van der Waals surface area contributed by atoms with Crippen molar-refractivity contribution in [3.8, 4) is 0 Å². The smallest absolute Gasteiger partial charge is 0.243 e. The lowest BCUT2D eigenvalue weighted by Gasteiger charge is -2.33. The van der Waals surface area contributed by atoms with Gasteiger partial charge in [0.25, 0.3) is 0 Å². The SMILES string of the molecule is NC(=O)CCN1CCC2(C[C@H](F)CN2CC2CC2)C1=O. The maximum absolute atomic E-state index is 13.9. The monoisotopic (exact) mass is 283 g/mol. The number of alkyl halides is 1.